The summed E-state index contributed by atoms with van der Waals surface area (Å²) in [6.45, 7) is 6.20. The highest BCUT2D eigenvalue weighted by molar-refractivity contribution is 5.34. The third-order valence-electron chi connectivity index (χ3n) is 3.98. The van der Waals surface area contributed by atoms with Gasteiger partial charge in [-0.3, -0.25) is 0 Å². The Labute approximate surface area is 115 Å². The topological polar surface area (TPSA) is 45.0 Å². The summed E-state index contributed by atoms with van der Waals surface area (Å²) in [6.07, 6.45) is 2.63. The maximum atomic E-state index is 8.97. The van der Waals surface area contributed by atoms with E-state index in [4.69, 9.17) is 10.00 Å². The van der Waals surface area contributed by atoms with Gasteiger partial charge in [0.2, 0.25) is 0 Å². The van der Waals surface area contributed by atoms with E-state index >= 15 is 0 Å². The van der Waals surface area contributed by atoms with Crippen molar-refractivity contribution in [1.82, 2.24) is 5.32 Å². The molecule has 2 rings (SSSR count). The van der Waals surface area contributed by atoms with E-state index in [-0.39, 0.29) is 12.2 Å². The molecule has 1 aliphatic heterocycles. The molecule has 1 fully saturated rings. The molecule has 1 aliphatic rings. The maximum absolute atomic E-state index is 8.97. The smallest absolute Gasteiger partial charge is 0.0991 e. The van der Waals surface area contributed by atoms with Crippen LogP contribution in [0.3, 0.4) is 0 Å². The van der Waals surface area contributed by atoms with E-state index in [0.717, 1.165) is 31.5 Å². The number of nitriles is 1. The van der Waals surface area contributed by atoms with Crippen LogP contribution in [-0.2, 0) is 4.74 Å². The van der Waals surface area contributed by atoms with Crippen molar-refractivity contribution in [2.45, 2.75) is 38.9 Å². The molecule has 0 aliphatic carbocycles. The Balaban J connectivity index is 2.10. The Morgan fingerprint density at radius 3 is 2.84 bits per heavy atom. The molecule has 1 aromatic rings. The molecule has 102 valence electrons. The zero-order chi connectivity index (χ0) is 13.7. The van der Waals surface area contributed by atoms with Gasteiger partial charge in [0.1, 0.15) is 0 Å². The molecule has 1 saturated heterocycles. The largest absolute Gasteiger partial charge is 0.367 e. The maximum Gasteiger partial charge on any atom is 0.0991 e. The fraction of sp³-hybridized carbons (Fsp3) is 0.562. The molecule has 19 heavy (non-hydrogen) atoms. The van der Waals surface area contributed by atoms with Gasteiger partial charge in [0.15, 0.2) is 0 Å². The van der Waals surface area contributed by atoms with Crippen molar-refractivity contribution in [2.24, 2.45) is 5.92 Å². The molecular weight excluding hydrogens is 236 g/mol. The van der Waals surface area contributed by atoms with Crippen molar-refractivity contribution < 1.29 is 4.74 Å². The molecule has 3 heteroatoms. The van der Waals surface area contributed by atoms with Crippen LogP contribution in [0, 0.1) is 17.2 Å². The summed E-state index contributed by atoms with van der Waals surface area (Å²) < 4.78 is 6.24. The molecule has 1 N–H and O–H groups in total. The fourth-order valence-corrected chi connectivity index (χ4v) is 2.76. The Morgan fingerprint density at radius 1 is 1.37 bits per heavy atom. The third-order valence-corrected chi connectivity index (χ3v) is 3.98. The molecule has 0 bridgehead atoms. The number of nitrogens with zero attached hydrogens (tertiary/aromatic N) is 1. The highest BCUT2D eigenvalue weighted by Crippen LogP contribution is 2.27. The van der Waals surface area contributed by atoms with Crippen LogP contribution in [0.25, 0.3) is 0 Å². The third kappa shape index (κ3) is 3.34. The predicted molar refractivity (Wildman–Crippen MR) is 75.7 cm³/mol. The quantitative estimate of drug-likeness (QED) is 0.903. The van der Waals surface area contributed by atoms with Gasteiger partial charge in [0.05, 0.1) is 23.8 Å². The van der Waals surface area contributed by atoms with E-state index in [9.17, 15) is 0 Å². The second-order valence-corrected chi connectivity index (χ2v) is 5.14. The molecule has 0 saturated carbocycles. The van der Waals surface area contributed by atoms with Crippen LogP contribution in [0.1, 0.15) is 43.9 Å². The van der Waals surface area contributed by atoms with Crippen LogP contribution in [0.15, 0.2) is 24.3 Å². The summed E-state index contributed by atoms with van der Waals surface area (Å²) >= 11 is 0. The lowest BCUT2D eigenvalue weighted by molar-refractivity contribution is -0.0688. The Bertz CT molecular complexity index is 448. The molecule has 0 aromatic heterocycles. The first-order chi connectivity index (χ1) is 9.28. The minimum Gasteiger partial charge on any atom is -0.367 e. The zero-order valence-electron chi connectivity index (χ0n) is 11.7. The van der Waals surface area contributed by atoms with Crippen molar-refractivity contribution in [2.75, 3.05) is 13.1 Å². The van der Waals surface area contributed by atoms with Crippen LogP contribution in [0.2, 0.25) is 0 Å². The van der Waals surface area contributed by atoms with Gasteiger partial charge in [0.25, 0.3) is 0 Å². The lowest BCUT2D eigenvalue weighted by atomic mass is 9.94. The molecule has 0 spiro atoms. The number of rotatable bonds is 4. The average Bonchev–Trinajstić information content (AvgIpc) is 2.49. The van der Waals surface area contributed by atoms with Gasteiger partial charge in [-0.05, 0) is 23.6 Å². The summed E-state index contributed by atoms with van der Waals surface area (Å²) in [7, 11) is 0. The summed E-state index contributed by atoms with van der Waals surface area (Å²) in [5.41, 5.74) is 1.80. The Hall–Kier alpha value is -1.37. The van der Waals surface area contributed by atoms with Crippen LogP contribution >= 0.6 is 0 Å². The van der Waals surface area contributed by atoms with E-state index in [1.807, 2.05) is 24.3 Å². The number of nitrogens with one attached hydrogen (secondary N) is 1. The van der Waals surface area contributed by atoms with Crippen molar-refractivity contribution >= 4 is 0 Å². The second-order valence-electron chi connectivity index (χ2n) is 5.14. The zero-order valence-corrected chi connectivity index (χ0v) is 11.7. The van der Waals surface area contributed by atoms with Gasteiger partial charge < -0.3 is 10.1 Å². The van der Waals surface area contributed by atoms with E-state index in [1.54, 1.807) is 0 Å². The van der Waals surface area contributed by atoms with Crippen molar-refractivity contribution in [1.29, 1.82) is 5.26 Å². The molecule has 0 amide bonds. The van der Waals surface area contributed by atoms with Crippen LogP contribution in [0.4, 0.5) is 0 Å². The number of hydrogen-bond donors (Lipinski definition) is 1. The molecule has 3 nitrogen and oxygen atoms in total. The van der Waals surface area contributed by atoms with Crippen LogP contribution < -0.4 is 5.32 Å². The fourth-order valence-electron chi connectivity index (χ4n) is 2.76. The van der Waals surface area contributed by atoms with Gasteiger partial charge in [-0.1, -0.05) is 38.8 Å². The summed E-state index contributed by atoms with van der Waals surface area (Å²) in [5.74, 6) is 0.606. The van der Waals surface area contributed by atoms with Crippen LogP contribution in [0.5, 0.6) is 0 Å². The van der Waals surface area contributed by atoms with Gasteiger partial charge in [-0.2, -0.15) is 5.26 Å². The summed E-state index contributed by atoms with van der Waals surface area (Å²) in [4.78, 5) is 0. The highest BCUT2D eigenvalue weighted by atomic mass is 16.5. The van der Waals surface area contributed by atoms with E-state index < -0.39 is 0 Å². The number of ether oxygens (including phenoxy) is 1. The molecule has 0 radical (unpaired) electrons. The normalized spacial score (nSPS) is 23.3. The molecule has 2 unspecified atom stereocenters. The minimum absolute atomic E-state index is 0.0626. The highest BCUT2D eigenvalue weighted by Gasteiger charge is 2.27. The lowest BCUT2D eigenvalue weighted by Crippen LogP contribution is -2.44. The Kier molecular flexibility index (Phi) is 4.95. The van der Waals surface area contributed by atoms with E-state index in [0.29, 0.717) is 11.5 Å². The summed E-state index contributed by atoms with van der Waals surface area (Å²) in [5, 5.41) is 12.4. The van der Waals surface area contributed by atoms with Gasteiger partial charge in [-0.15, -0.1) is 0 Å². The SMILES string of the molecule is CCC(CC)C1CNCC(c2cccc(C#N)c2)O1. The number of morpholine rings is 1. The first kappa shape index (κ1) is 14.0. The van der Waals surface area contributed by atoms with Gasteiger partial charge >= 0.3 is 0 Å². The predicted octanol–water partition coefficient (Wildman–Crippen LogP) is 3.02. The van der Waals surface area contributed by atoms with Crippen molar-refractivity contribution in [3.63, 3.8) is 0 Å². The number of benzene rings is 1. The number of hydrogen-bond acceptors (Lipinski definition) is 3. The standard InChI is InChI=1S/C16H22N2O/c1-3-13(4-2)15-10-18-11-16(19-15)14-7-5-6-12(8-14)9-17/h5-8,13,15-16,18H,3-4,10-11H2,1-2H3. The molecule has 1 heterocycles. The summed E-state index contributed by atoms with van der Waals surface area (Å²) in [6, 6.07) is 9.92. The van der Waals surface area contributed by atoms with E-state index in [1.165, 1.54) is 0 Å². The molecule has 2 atom stereocenters. The average molecular weight is 258 g/mol. The first-order valence-corrected chi connectivity index (χ1v) is 7.14. The first-order valence-electron chi connectivity index (χ1n) is 7.14. The van der Waals surface area contributed by atoms with Crippen molar-refractivity contribution in [3.05, 3.63) is 35.4 Å². The van der Waals surface area contributed by atoms with Crippen molar-refractivity contribution in [3.8, 4) is 6.07 Å². The minimum atomic E-state index is 0.0626. The monoisotopic (exact) mass is 258 g/mol. The Morgan fingerprint density at radius 2 is 2.16 bits per heavy atom. The van der Waals surface area contributed by atoms with Gasteiger partial charge in [-0.25, -0.2) is 0 Å². The van der Waals surface area contributed by atoms with Crippen LogP contribution in [-0.4, -0.2) is 19.2 Å². The lowest BCUT2D eigenvalue weighted by Gasteiger charge is -2.35. The second kappa shape index (κ2) is 6.70. The van der Waals surface area contributed by atoms with Gasteiger partial charge in [0, 0.05) is 13.1 Å². The van der Waals surface area contributed by atoms with E-state index in [2.05, 4.69) is 25.2 Å². The molecule has 1 aromatic carbocycles. The molecular formula is C16H22N2O.